The number of phenols is 1. The molecule has 0 aliphatic rings. The number of carboxylic acid groups (broad SMARTS) is 1. The van der Waals surface area contributed by atoms with Crippen molar-refractivity contribution in [3.8, 4) is 5.75 Å². The van der Waals surface area contributed by atoms with Crippen molar-refractivity contribution in [2.24, 2.45) is 0 Å². The summed E-state index contributed by atoms with van der Waals surface area (Å²) in [6.07, 6.45) is 4.34. The first kappa shape index (κ1) is 18.9. The van der Waals surface area contributed by atoms with E-state index in [2.05, 4.69) is 5.32 Å². The number of nitrogens with one attached hydrogen (secondary N) is 1. The summed E-state index contributed by atoms with van der Waals surface area (Å²) in [5.41, 5.74) is 0.279. The second-order valence-corrected chi connectivity index (χ2v) is 4.66. The van der Waals surface area contributed by atoms with Crippen molar-refractivity contribution < 1.29 is 19.8 Å². The normalized spacial score (nSPS) is 9.71. The predicted molar refractivity (Wildman–Crippen MR) is 79.1 cm³/mol. The fourth-order valence-electron chi connectivity index (χ4n) is 1.89. The van der Waals surface area contributed by atoms with Crippen LogP contribution in [0.1, 0.15) is 48.9 Å². The van der Waals surface area contributed by atoms with Crippen LogP contribution in [0, 0.1) is 0 Å². The van der Waals surface area contributed by atoms with Gasteiger partial charge in [-0.2, -0.15) is 0 Å². The van der Waals surface area contributed by atoms with E-state index in [1.165, 1.54) is 6.07 Å². The Balaban J connectivity index is 0.00000400. The molecule has 0 spiro atoms. The lowest BCUT2D eigenvalue weighted by Gasteiger charge is -2.06. The molecule has 1 aromatic carbocycles. The van der Waals surface area contributed by atoms with Crippen LogP contribution in [0.2, 0.25) is 0 Å². The number of hydrogen-bond donors (Lipinski definition) is 3. The highest BCUT2D eigenvalue weighted by Gasteiger charge is 2.08. The van der Waals surface area contributed by atoms with Crippen molar-refractivity contribution in [1.82, 2.24) is 11.5 Å². The van der Waals surface area contributed by atoms with Gasteiger partial charge >= 0.3 is 0 Å². The summed E-state index contributed by atoms with van der Waals surface area (Å²) >= 11 is 0. The Bertz CT molecular complexity index is 449. The Morgan fingerprint density at radius 3 is 2.33 bits per heavy atom. The fourth-order valence-corrected chi connectivity index (χ4v) is 1.89. The summed E-state index contributed by atoms with van der Waals surface area (Å²) < 4.78 is 0. The van der Waals surface area contributed by atoms with Gasteiger partial charge < -0.3 is 26.5 Å². The second kappa shape index (κ2) is 10.7. The van der Waals surface area contributed by atoms with Crippen LogP contribution in [0.5, 0.6) is 5.75 Å². The van der Waals surface area contributed by atoms with E-state index in [1.54, 1.807) is 18.2 Å². The average molecular weight is 296 g/mol. The van der Waals surface area contributed by atoms with Gasteiger partial charge in [0.1, 0.15) is 5.75 Å². The molecule has 0 saturated heterocycles. The zero-order valence-corrected chi connectivity index (χ0v) is 12.4. The van der Waals surface area contributed by atoms with Gasteiger partial charge in [-0.3, -0.25) is 4.79 Å². The van der Waals surface area contributed by atoms with Gasteiger partial charge in [-0.15, -0.1) is 0 Å². The molecule has 0 aliphatic heterocycles. The summed E-state index contributed by atoms with van der Waals surface area (Å²) in [4.78, 5) is 21.9. The number of phenolic OH excluding ortho intramolecular Hbond substituents is 1. The van der Waals surface area contributed by atoms with Crippen LogP contribution in [-0.4, -0.2) is 23.5 Å². The number of hydrogen-bond acceptors (Lipinski definition) is 4. The summed E-state index contributed by atoms with van der Waals surface area (Å²) in [7, 11) is 0. The molecule has 0 bridgehead atoms. The number of carboxylic acids is 1. The number of rotatable bonds is 9. The van der Waals surface area contributed by atoms with Crippen molar-refractivity contribution in [3.05, 3.63) is 29.8 Å². The lowest BCUT2D eigenvalue weighted by Crippen LogP contribution is -2.24. The Labute approximate surface area is 124 Å². The molecule has 0 heterocycles. The van der Waals surface area contributed by atoms with E-state index >= 15 is 0 Å². The molecule has 0 atom stereocenters. The molecule has 21 heavy (non-hydrogen) atoms. The molecule has 0 fully saturated rings. The van der Waals surface area contributed by atoms with E-state index in [-0.39, 0.29) is 29.8 Å². The standard InChI is InChI=1S/C15H21NO4.H3N/c17-13-9-6-5-8-12(13)15(20)16-11-7-3-1-2-4-10-14(18)19;/h5-6,8-9,17H,1-4,7,10-11H2,(H,16,20)(H,18,19);1H3. The minimum atomic E-state index is -1.00. The summed E-state index contributed by atoms with van der Waals surface area (Å²) in [5, 5.41) is 22.5. The van der Waals surface area contributed by atoms with Gasteiger partial charge in [0.15, 0.2) is 0 Å². The molecule has 1 amide bonds. The molecular weight excluding hydrogens is 272 g/mol. The van der Waals surface area contributed by atoms with E-state index in [4.69, 9.17) is 0 Å². The Hall–Kier alpha value is -2.08. The quantitative estimate of drug-likeness (QED) is 0.598. The van der Waals surface area contributed by atoms with Crippen LogP contribution in [0.3, 0.4) is 0 Å². The van der Waals surface area contributed by atoms with E-state index in [0.717, 1.165) is 25.7 Å². The summed E-state index contributed by atoms with van der Waals surface area (Å²) in [5.74, 6) is -1.30. The third-order valence-electron chi connectivity index (χ3n) is 2.99. The van der Waals surface area contributed by atoms with E-state index in [9.17, 15) is 19.8 Å². The van der Waals surface area contributed by atoms with Crippen LogP contribution >= 0.6 is 0 Å². The number of amides is 1. The molecule has 0 aliphatic carbocycles. The molecule has 0 radical (unpaired) electrons. The molecule has 0 saturated carbocycles. The molecule has 1 rings (SSSR count). The van der Waals surface area contributed by atoms with Crippen LogP contribution in [0.4, 0.5) is 0 Å². The van der Waals surface area contributed by atoms with Gasteiger partial charge in [-0.05, 0) is 31.4 Å². The smallest absolute Gasteiger partial charge is 0.255 e. The third kappa shape index (κ3) is 7.94. The lowest BCUT2D eigenvalue weighted by molar-refractivity contribution is -0.305. The Morgan fingerprint density at radius 2 is 1.67 bits per heavy atom. The molecule has 1 aromatic rings. The van der Waals surface area contributed by atoms with Crippen LogP contribution in [0.25, 0.3) is 0 Å². The Morgan fingerprint density at radius 1 is 1.05 bits per heavy atom. The fraction of sp³-hybridized carbons (Fsp3) is 0.467. The first-order chi connectivity index (χ1) is 9.61. The number of carbonyl (C=O) groups is 2. The van der Waals surface area contributed by atoms with Gasteiger partial charge in [0, 0.05) is 12.5 Å². The average Bonchev–Trinajstić information content (AvgIpc) is 2.41. The molecule has 0 unspecified atom stereocenters. The van der Waals surface area contributed by atoms with Gasteiger partial charge in [-0.1, -0.05) is 31.4 Å². The highest BCUT2D eigenvalue weighted by Crippen LogP contribution is 2.15. The number of para-hydroxylation sites is 1. The zero-order chi connectivity index (χ0) is 14.8. The largest absolute Gasteiger partial charge is 0.550 e. The van der Waals surface area contributed by atoms with Gasteiger partial charge in [0.2, 0.25) is 0 Å². The number of benzene rings is 1. The molecule has 118 valence electrons. The minimum absolute atomic E-state index is 0. The molecule has 6 nitrogen and oxygen atoms in total. The number of carbonyl (C=O) groups excluding carboxylic acids is 2. The maximum absolute atomic E-state index is 11.7. The van der Waals surface area contributed by atoms with Crippen LogP contribution in [0.15, 0.2) is 24.3 Å². The maximum Gasteiger partial charge on any atom is 0.255 e. The van der Waals surface area contributed by atoms with Crippen molar-refractivity contribution >= 4 is 11.9 Å². The highest BCUT2D eigenvalue weighted by atomic mass is 16.4. The zero-order valence-electron chi connectivity index (χ0n) is 12.4. The van der Waals surface area contributed by atoms with Crippen LogP contribution < -0.4 is 16.6 Å². The number of quaternary nitrogens is 1. The second-order valence-electron chi connectivity index (χ2n) is 4.66. The Kier molecular flexibility index (Phi) is 9.62. The van der Waals surface area contributed by atoms with Crippen molar-refractivity contribution in [2.45, 2.75) is 38.5 Å². The van der Waals surface area contributed by atoms with E-state index in [0.29, 0.717) is 13.0 Å². The van der Waals surface area contributed by atoms with Crippen molar-refractivity contribution in [1.29, 1.82) is 0 Å². The van der Waals surface area contributed by atoms with Gasteiger partial charge in [0.05, 0.1) is 5.56 Å². The highest BCUT2D eigenvalue weighted by molar-refractivity contribution is 5.96. The summed E-state index contributed by atoms with van der Waals surface area (Å²) in [6, 6.07) is 6.42. The number of aliphatic carboxylic acids is 1. The summed E-state index contributed by atoms with van der Waals surface area (Å²) in [6.45, 7) is 0.549. The van der Waals surface area contributed by atoms with Crippen molar-refractivity contribution in [3.63, 3.8) is 0 Å². The maximum atomic E-state index is 11.7. The number of aromatic hydroxyl groups is 1. The first-order valence-electron chi connectivity index (χ1n) is 6.87. The van der Waals surface area contributed by atoms with Crippen LogP contribution in [-0.2, 0) is 4.79 Å². The van der Waals surface area contributed by atoms with Gasteiger partial charge in [-0.25, -0.2) is 0 Å². The van der Waals surface area contributed by atoms with E-state index in [1.807, 2.05) is 0 Å². The van der Waals surface area contributed by atoms with Gasteiger partial charge in [0.25, 0.3) is 5.91 Å². The minimum Gasteiger partial charge on any atom is -0.550 e. The van der Waals surface area contributed by atoms with E-state index < -0.39 is 5.97 Å². The topological polar surface area (TPSA) is 126 Å². The molecule has 0 aromatic heterocycles. The first-order valence-corrected chi connectivity index (χ1v) is 6.87. The molecule has 6 heteroatoms. The lowest BCUT2D eigenvalue weighted by atomic mass is 10.1. The predicted octanol–water partition coefficient (Wildman–Crippen LogP) is 1.59. The monoisotopic (exact) mass is 296 g/mol. The van der Waals surface area contributed by atoms with Crippen molar-refractivity contribution in [2.75, 3.05) is 6.54 Å². The number of unbranched alkanes of at least 4 members (excludes halogenated alkanes) is 4. The third-order valence-corrected chi connectivity index (χ3v) is 2.99. The molecule has 6 N–H and O–H groups in total. The SMILES string of the molecule is O=C([O-])CCCCCCCNC(=O)c1ccccc1O.[NH4+]. The molecular formula is C15H24N2O4.